The second kappa shape index (κ2) is 7.36. The molecule has 0 aliphatic carbocycles. The molecule has 27 heavy (non-hydrogen) atoms. The average molecular weight is 376 g/mol. The van der Waals surface area contributed by atoms with Gasteiger partial charge < -0.3 is 14.6 Å². The first-order valence-electron chi connectivity index (χ1n) is 9.17. The summed E-state index contributed by atoms with van der Waals surface area (Å²) in [5.74, 6) is -0.0319. The first-order valence-corrected chi connectivity index (χ1v) is 9.17. The molecule has 0 bridgehead atoms. The van der Waals surface area contributed by atoms with E-state index in [9.17, 15) is 13.6 Å². The number of carbonyl (C=O) groups is 1. The van der Waals surface area contributed by atoms with Crippen LogP contribution in [0, 0.1) is 11.6 Å². The number of amides is 1. The number of aromatic nitrogens is 2. The molecule has 1 aromatic heterocycles. The highest BCUT2D eigenvalue weighted by atomic mass is 19.1. The lowest BCUT2D eigenvalue weighted by atomic mass is 10.0. The Labute approximate surface area is 156 Å². The fourth-order valence-corrected chi connectivity index (χ4v) is 3.81. The number of carbonyl (C=O) groups excluding carboxylic acids is 1. The average Bonchev–Trinajstić information content (AvgIpc) is 3.21. The van der Waals surface area contributed by atoms with E-state index in [1.165, 1.54) is 12.1 Å². The van der Waals surface area contributed by atoms with Crippen LogP contribution >= 0.6 is 0 Å². The van der Waals surface area contributed by atoms with Gasteiger partial charge in [0.05, 0.1) is 25.3 Å². The molecular formula is C19H22F2N4O2. The summed E-state index contributed by atoms with van der Waals surface area (Å²) in [6.45, 7) is 4.57. The Morgan fingerprint density at radius 2 is 1.96 bits per heavy atom. The van der Waals surface area contributed by atoms with Crippen LogP contribution in [0.5, 0.6) is 0 Å². The van der Waals surface area contributed by atoms with Crippen LogP contribution in [0.25, 0.3) is 0 Å². The zero-order valence-corrected chi connectivity index (χ0v) is 15.1. The second-order valence-corrected chi connectivity index (χ2v) is 7.02. The number of morpholine rings is 1. The van der Waals surface area contributed by atoms with Gasteiger partial charge in [-0.1, -0.05) is 0 Å². The molecule has 2 aromatic rings. The summed E-state index contributed by atoms with van der Waals surface area (Å²) in [6.07, 6.45) is 3.17. The van der Waals surface area contributed by atoms with Crippen LogP contribution in [0.4, 0.5) is 14.6 Å². The van der Waals surface area contributed by atoms with Gasteiger partial charge in [0, 0.05) is 31.8 Å². The number of ether oxygens (including phenoxy) is 1. The second-order valence-electron chi connectivity index (χ2n) is 7.02. The molecule has 0 radical (unpaired) electrons. The maximum absolute atomic E-state index is 13.6. The van der Waals surface area contributed by atoms with Gasteiger partial charge in [0.25, 0.3) is 0 Å². The number of halogens is 2. The van der Waals surface area contributed by atoms with Gasteiger partial charge in [-0.15, -0.1) is 0 Å². The van der Waals surface area contributed by atoms with E-state index in [1.54, 1.807) is 6.20 Å². The molecule has 3 heterocycles. The zero-order chi connectivity index (χ0) is 19.0. The van der Waals surface area contributed by atoms with Gasteiger partial charge in [-0.2, -0.15) is 0 Å². The molecule has 0 spiro atoms. The van der Waals surface area contributed by atoms with Gasteiger partial charge >= 0.3 is 0 Å². The van der Waals surface area contributed by atoms with E-state index < -0.39 is 11.6 Å². The van der Waals surface area contributed by atoms with Gasteiger partial charge in [0.1, 0.15) is 17.5 Å². The fourth-order valence-electron chi connectivity index (χ4n) is 3.81. The molecule has 2 aliphatic heterocycles. The predicted octanol–water partition coefficient (Wildman–Crippen LogP) is 2.36. The van der Waals surface area contributed by atoms with Crippen LogP contribution in [0.15, 0.2) is 24.4 Å². The van der Waals surface area contributed by atoms with Crippen LogP contribution in [-0.2, 0) is 16.0 Å². The molecule has 1 amide bonds. The summed E-state index contributed by atoms with van der Waals surface area (Å²) in [6, 6.07) is 3.10. The van der Waals surface area contributed by atoms with Crippen LogP contribution in [0.1, 0.15) is 30.8 Å². The summed E-state index contributed by atoms with van der Waals surface area (Å²) in [4.78, 5) is 19.1. The Morgan fingerprint density at radius 3 is 2.67 bits per heavy atom. The number of hydrogen-bond acceptors (Lipinski definition) is 4. The third-order valence-corrected chi connectivity index (χ3v) is 5.28. The van der Waals surface area contributed by atoms with E-state index in [0.29, 0.717) is 31.0 Å². The van der Waals surface area contributed by atoms with Gasteiger partial charge in [-0.3, -0.25) is 9.69 Å². The molecule has 0 unspecified atom stereocenters. The number of anilines is 1. The molecule has 2 aliphatic rings. The summed E-state index contributed by atoms with van der Waals surface area (Å²) in [5.41, 5.74) is 0.572. The zero-order valence-electron chi connectivity index (χ0n) is 15.1. The predicted molar refractivity (Wildman–Crippen MR) is 95.5 cm³/mol. The highest BCUT2D eigenvalue weighted by molar-refractivity contribution is 5.93. The minimum absolute atomic E-state index is 0.123. The number of imidazole rings is 1. The normalized spacial score (nSPS) is 21.1. The summed E-state index contributed by atoms with van der Waals surface area (Å²) in [7, 11) is 0. The van der Waals surface area contributed by atoms with Crippen molar-refractivity contribution in [3.8, 4) is 0 Å². The molecule has 1 N–H and O–H groups in total. The van der Waals surface area contributed by atoms with Crippen molar-refractivity contribution in [1.82, 2.24) is 14.5 Å². The smallest absolute Gasteiger partial charge is 0.242 e. The number of aryl methyl sites for hydroxylation is 1. The van der Waals surface area contributed by atoms with Gasteiger partial charge in [0.15, 0.2) is 5.82 Å². The molecule has 0 saturated carbocycles. The number of nitrogens with one attached hydrogen (secondary N) is 1. The monoisotopic (exact) mass is 376 g/mol. The number of rotatable bonds is 4. The first kappa shape index (κ1) is 18.1. The van der Waals surface area contributed by atoms with E-state index in [1.807, 2.05) is 11.5 Å². The largest absolute Gasteiger partial charge is 0.379 e. The molecule has 8 heteroatoms. The van der Waals surface area contributed by atoms with E-state index in [0.717, 1.165) is 31.4 Å². The Kier molecular flexibility index (Phi) is 4.92. The lowest BCUT2D eigenvalue weighted by Gasteiger charge is -2.31. The van der Waals surface area contributed by atoms with Crippen molar-refractivity contribution in [2.24, 2.45) is 0 Å². The van der Waals surface area contributed by atoms with E-state index in [4.69, 9.17) is 4.74 Å². The number of hydrogen-bond donors (Lipinski definition) is 1. The molecule has 144 valence electrons. The van der Waals surface area contributed by atoms with Crippen molar-refractivity contribution in [3.63, 3.8) is 0 Å². The van der Waals surface area contributed by atoms with Crippen LogP contribution < -0.4 is 5.32 Å². The number of benzene rings is 1. The molecule has 4 rings (SSSR count). The summed E-state index contributed by atoms with van der Waals surface area (Å²) in [5, 5.41) is 2.86. The van der Waals surface area contributed by atoms with Crippen LogP contribution in [-0.4, -0.2) is 52.7 Å². The Bertz CT molecular complexity index is 828. The summed E-state index contributed by atoms with van der Waals surface area (Å²) >= 11 is 0. The molecular weight excluding hydrogens is 354 g/mol. The minimum Gasteiger partial charge on any atom is -0.379 e. The Hall–Kier alpha value is -2.32. The van der Waals surface area contributed by atoms with E-state index in [-0.39, 0.29) is 18.0 Å². The molecule has 1 aromatic carbocycles. The van der Waals surface area contributed by atoms with Crippen molar-refractivity contribution in [1.29, 1.82) is 0 Å². The molecule has 2 atom stereocenters. The third kappa shape index (κ3) is 3.72. The third-order valence-electron chi connectivity index (χ3n) is 5.28. The van der Waals surface area contributed by atoms with Crippen molar-refractivity contribution in [2.45, 2.75) is 31.8 Å². The van der Waals surface area contributed by atoms with E-state index >= 15 is 0 Å². The van der Waals surface area contributed by atoms with Crippen LogP contribution in [0.3, 0.4) is 0 Å². The van der Waals surface area contributed by atoms with Crippen molar-refractivity contribution < 1.29 is 18.3 Å². The Balaban J connectivity index is 1.48. The van der Waals surface area contributed by atoms with Gasteiger partial charge in [-0.05, 0) is 31.0 Å². The number of nitrogens with zero attached hydrogens (tertiary/aromatic N) is 3. The topological polar surface area (TPSA) is 59.4 Å². The van der Waals surface area contributed by atoms with Gasteiger partial charge in [-0.25, -0.2) is 13.8 Å². The van der Waals surface area contributed by atoms with Crippen LogP contribution in [0.2, 0.25) is 0 Å². The highest BCUT2D eigenvalue weighted by Gasteiger charge is 2.28. The SMILES string of the molecule is C[C@H](C(=O)Nc1cn2c(n1)CC[C@@H]2c1cc(F)cc(F)c1)N1CCOCC1. The lowest BCUT2D eigenvalue weighted by molar-refractivity contribution is -0.122. The first-order chi connectivity index (χ1) is 13.0. The van der Waals surface area contributed by atoms with Crippen molar-refractivity contribution in [2.75, 3.05) is 31.6 Å². The lowest BCUT2D eigenvalue weighted by Crippen LogP contribution is -2.47. The standard InChI is InChI=1S/C19H22F2N4O2/c1-12(24-4-6-27-7-5-24)19(26)23-17-11-25-16(2-3-18(25)22-17)13-8-14(20)10-15(21)9-13/h8-12,16H,2-7H2,1H3,(H,23,26)/t12-,16-/m1/s1. The Morgan fingerprint density at radius 1 is 1.26 bits per heavy atom. The van der Waals surface area contributed by atoms with E-state index in [2.05, 4.69) is 15.2 Å². The maximum atomic E-state index is 13.6. The fraction of sp³-hybridized carbons (Fsp3) is 0.474. The quantitative estimate of drug-likeness (QED) is 0.890. The summed E-state index contributed by atoms with van der Waals surface area (Å²) < 4.78 is 34.3. The molecule has 1 saturated heterocycles. The number of fused-ring (bicyclic) bond motifs is 1. The highest BCUT2D eigenvalue weighted by Crippen LogP contribution is 2.33. The van der Waals surface area contributed by atoms with Crippen molar-refractivity contribution in [3.05, 3.63) is 47.4 Å². The van der Waals surface area contributed by atoms with Gasteiger partial charge in [0.2, 0.25) is 5.91 Å². The minimum atomic E-state index is -0.591. The molecule has 6 nitrogen and oxygen atoms in total. The molecule has 1 fully saturated rings. The maximum Gasteiger partial charge on any atom is 0.242 e. The van der Waals surface area contributed by atoms with Crippen molar-refractivity contribution >= 4 is 11.7 Å².